The Hall–Kier alpha value is -2.77. The number of aromatic nitrogens is 3. The number of hydrogen-bond acceptors (Lipinski definition) is 5. The summed E-state index contributed by atoms with van der Waals surface area (Å²) in [6.07, 6.45) is 4.68. The minimum atomic E-state index is -0.455. The first kappa shape index (κ1) is 17.1. The average Bonchev–Trinajstić information content (AvgIpc) is 3.03. The highest BCUT2D eigenvalue weighted by Crippen LogP contribution is 2.23. The van der Waals surface area contributed by atoms with Crippen LogP contribution in [0.3, 0.4) is 0 Å². The Labute approximate surface area is 145 Å². The van der Waals surface area contributed by atoms with Crippen LogP contribution >= 0.6 is 0 Å². The lowest BCUT2D eigenvalue weighted by Gasteiger charge is -2.39. The number of nitro benzene ring substituents is 1. The van der Waals surface area contributed by atoms with Crippen LogP contribution in [0.2, 0.25) is 0 Å². The van der Waals surface area contributed by atoms with E-state index in [4.69, 9.17) is 0 Å². The molecular weight excluding hydrogens is 322 g/mol. The maximum Gasteiger partial charge on any atom is 0.270 e. The molecule has 1 saturated heterocycles. The molecule has 0 bridgehead atoms. The number of carbonyl (C=O) groups excluding carboxylic acids is 1. The van der Waals surface area contributed by atoms with Gasteiger partial charge in [0.1, 0.15) is 12.9 Å². The largest absolute Gasteiger partial charge is 0.336 e. The molecule has 3 rings (SSSR count). The van der Waals surface area contributed by atoms with Gasteiger partial charge in [0.05, 0.1) is 4.92 Å². The predicted molar refractivity (Wildman–Crippen MR) is 91.7 cm³/mol. The van der Waals surface area contributed by atoms with Gasteiger partial charge in [-0.1, -0.05) is 12.1 Å². The first-order chi connectivity index (χ1) is 12.0. The number of hydrogen-bond donors (Lipinski definition) is 0. The van der Waals surface area contributed by atoms with Crippen molar-refractivity contribution in [3.05, 3.63) is 40.7 Å². The van der Waals surface area contributed by atoms with Crippen LogP contribution < -0.4 is 0 Å². The zero-order valence-corrected chi connectivity index (χ0v) is 14.3. The van der Waals surface area contributed by atoms with Crippen LogP contribution in [0.4, 0.5) is 5.69 Å². The molecule has 2 aromatic rings. The Balaban J connectivity index is 1.74. The van der Waals surface area contributed by atoms with E-state index in [1.54, 1.807) is 12.1 Å². The molecule has 1 fully saturated rings. The van der Waals surface area contributed by atoms with Gasteiger partial charge in [0.2, 0.25) is 5.91 Å². The molecule has 1 aliphatic heterocycles. The molecule has 25 heavy (non-hydrogen) atoms. The summed E-state index contributed by atoms with van der Waals surface area (Å²) in [6, 6.07) is 6.62. The maximum absolute atomic E-state index is 12.6. The van der Waals surface area contributed by atoms with Crippen molar-refractivity contribution >= 4 is 11.6 Å². The standard InChI is InChI=1S/C17H21N5O3/c1-12-5-3-6-13(2)21(12)16(23)10-20-11-18-17(19-20)14-7-4-8-15(9-14)22(24)25/h4,7-9,11-13H,3,5-6,10H2,1-2H3/t12-,13-/m1/s1. The summed E-state index contributed by atoms with van der Waals surface area (Å²) in [6.45, 7) is 4.27. The smallest absolute Gasteiger partial charge is 0.270 e. The summed E-state index contributed by atoms with van der Waals surface area (Å²) in [5.74, 6) is 0.395. The molecule has 132 valence electrons. The second-order valence-electron chi connectivity index (χ2n) is 6.50. The van der Waals surface area contributed by atoms with Crippen molar-refractivity contribution in [2.75, 3.05) is 0 Å². The summed E-state index contributed by atoms with van der Waals surface area (Å²) in [5.41, 5.74) is 0.543. The molecule has 0 unspecified atom stereocenters. The lowest BCUT2D eigenvalue weighted by Crippen LogP contribution is -2.48. The molecule has 1 amide bonds. The Morgan fingerprint density at radius 3 is 2.72 bits per heavy atom. The second kappa shape index (κ2) is 7.00. The van der Waals surface area contributed by atoms with E-state index in [-0.39, 0.29) is 30.2 Å². The zero-order chi connectivity index (χ0) is 18.0. The fourth-order valence-corrected chi connectivity index (χ4v) is 3.39. The van der Waals surface area contributed by atoms with Crippen LogP contribution in [0.1, 0.15) is 33.1 Å². The van der Waals surface area contributed by atoms with Crippen molar-refractivity contribution in [2.45, 2.75) is 51.7 Å². The maximum atomic E-state index is 12.6. The Morgan fingerprint density at radius 1 is 1.32 bits per heavy atom. The summed E-state index contributed by atoms with van der Waals surface area (Å²) >= 11 is 0. The van der Waals surface area contributed by atoms with Gasteiger partial charge in [0, 0.05) is 29.8 Å². The lowest BCUT2D eigenvalue weighted by molar-refractivity contribution is -0.384. The van der Waals surface area contributed by atoms with Crippen molar-refractivity contribution < 1.29 is 9.72 Å². The molecule has 0 aliphatic carbocycles. The number of nitro groups is 1. The summed E-state index contributed by atoms with van der Waals surface area (Å²) in [4.78, 5) is 29.2. The van der Waals surface area contributed by atoms with Gasteiger partial charge in [-0.25, -0.2) is 9.67 Å². The molecule has 8 heteroatoms. The summed E-state index contributed by atoms with van der Waals surface area (Å²) in [5, 5.41) is 15.2. The van der Waals surface area contributed by atoms with Crippen molar-refractivity contribution in [3.63, 3.8) is 0 Å². The Kier molecular flexibility index (Phi) is 4.78. The van der Waals surface area contributed by atoms with Crippen LogP contribution in [0, 0.1) is 10.1 Å². The molecule has 0 N–H and O–H groups in total. The van der Waals surface area contributed by atoms with E-state index < -0.39 is 4.92 Å². The highest BCUT2D eigenvalue weighted by molar-refractivity contribution is 5.76. The number of benzene rings is 1. The van der Waals surface area contributed by atoms with Crippen LogP contribution in [-0.4, -0.2) is 42.6 Å². The average molecular weight is 343 g/mol. The van der Waals surface area contributed by atoms with E-state index in [2.05, 4.69) is 23.9 Å². The molecular formula is C17H21N5O3. The highest BCUT2D eigenvalue weighted by atomic mass is 16.6. The van der Waals surface area contributed by atoms with Crippen LogP contribution in [0.25, 0.3) is 11.4 Å². The molecule has 0 saturated carbocycles. The first-order valence-corrected chi connectivity index (χ1v) is 8.41. The topological polar surface area (TPSA) is 94.2 Å². The minimum Gasteiger partial charge on any atom is -0.336 e. The number of piperidine rings is 1. The van der Waals surface area contributed by atoms with E-state index >= 15 is 0 Å². The third-order valence-corrected chi connectivity index (χ3v) is 4.63. The number of likely N-dealkylation sites (tertiary alicyclic amines) is 1. The Bertz CT molecular complexity index is 778. The highest BCUT2D eigenvalue weighted by Gasteiger charge is 2.29. The van der Waals surface area contributed by atoms with Gasteiger partial charge in [-0.2, -0.15) is 5.10 Å². The Morgan fingerprint density at radius 2 is 2.04 bits per heavy atom. The number of amides is 1. The van der Waals surface area contributed by atoms with E-state index in [0.29, 0.717) is 11.4 Å². The molecule has 1 aliphatic rings. The van der Waals surface area contributed by atoms with Crippen LogP contribution in [0.15, 0.2) is 30.6 Å². The molecule has 1 aromatic heterocycles. The van der Waals surface area contributed by atoms with Gasteiger partial charge in [0.25, 0.3) is 5.69 Å². The molecule has 0 spiro atoms. The van der Waals surface area contributed by atoms with E-state index in [1.807, 2.05) is 4.90 Å². The van der Waals surface area contributed by atoms with Crippen LogP contribution in [0.5, 0.6) is 0 Å². The van der Waals surface area contributed by atoms with Gasteiger partial charge in [-0.05, 0) is 33.1 Å². The molecule has 0 radical (unpaired) electrons. The number of rotatable bonds is 4. The number of nitrogens with zero attached hydrogens (tertiary/aromatic N) is 5. The van der Waals surface area contributed by atoms with Crippen molar-refractivity contribution in [1.82, 2.24) is 19.7 Å². The number of carbonyl (C=O) groups is 1. The van der Waals surface area contributed by atoms with Crippen molar-refractivity contribution in [3.8, 4) is 11.4 Å². The first-order valence-electron chi connectivity index (χ1n) is 8.41. The lowest BCUT2D eigenvalue weighted by atomic mass is 9.97. The summed E-state index contributed by atoms with van der Waals surface area (Å²) < 4.78 is 1.49. The number of non-ortho nitro benzene ring substituents is 1. The van der Waals surface area contributed by atoms with Gasteiger partial charge in [0.15, 0.2) is 5.82 Å². The molecule has 2 atom stereocenters. The molecule has 8 nitrogen and oxygen atoms in total. The summed E-state index contributed by atoms with van der Waals surface area (Å²) in [7, 11) is 0. The fourth-order valence-electron chi connectivity index (χ4n) is 3.39. The fraction of sp³-hybridized carbons (Fsp3) is 0.471. The molecule has 2 heterocycles. The van der Waals surface area contributed by atoms with Crippen LogP contribution in [-0.2, 0) is 11.3 Å². The van der Waals surface area contributed by atoms with E-state index in [9.17, 15) is 14.9 Å². The van der Waals surface area contributed by atoms with Gasteiger partial charge in [-0.3, -0.25) is 14.9 Å². The third-order valence-electron chi connectivity index (χ3n) is 4.63. The van der Waals surface area contributed by atoms with Gasteiger partial charge < -0.3 is 4.90 Å². The minimum absolute atomic E-state index is 0.0131. The third kappa shape index (κ3) is 3.67. The van der Waals surface area contributed by atoms with Gasteiger partial charge in [-0.15, -0.1) is 0 Å². The normalized spacial score (nSPS) is 20.5. The second-order valence-corrected chi connectivity index (χ2v) is 6.50. The zero-order valence-electron chi connectivity index (χ0n) is 14.3. The van der Waals surface area contributed by atoms with Gasteiger partial charge >= 0.3 is 0 Å². The predicted octanol–water partition coefficient (Wildman–Crippen LogP) is 2.64. The SMILES string of the molecule is C[C@@H]1CCC[C@@H](C)N1C(=O)Cn1cnc(-c2cccc([N+](=O)[O-])c2)n1. The van der Waals surface area contributed by atoms with E-state index in [1.165, 1.54) is 23.1 Å². The van der Waals surface area contributed by atoms with Crippen molar-refractivity contribution in [1.29, 1.82) is 0 Å². The van der Waals surface area contributed by atoms with Crippen molar-refractivity contribution in [2.24, 2.45) is 0 Å². The monoisotopic (exact) mass is 343 g/mol. The van der Waals surface area contributed by atoms with E-state index in [0.717, 1.165) is 19.3 Å². The quantitative estimate of drug-likeness (QED) is 0.628. The molecule has 1 aromatic carbocycles.